The van der Waals surface area contributed by atoms with Gasteiger partial charge < -0.3 is 16.0 Å². The number of hydrogen-bond acceptors (Lipinski definition) is 4. The lowest BCUT2D eigenvalue weighted by atomic mass is 9.99. The maximum Gasteiger partial charge on any atom is 0.245 e. The molecule has 2 aliphatic rings. The van der Waals surface area contributed by atoms with Crippen molar-refractivity contribution >= 4 is 11.7 Å². The molecule has 0 aliphatic carbocycles. The molecule has 18 heavy (non-hydrogen) atoms. The van der Waals surface area contributed by atoms with E-state index in [0.29, 0.717) is 6.04 Å². The van der Waals surface area contributed by atoms with Gasteiger partial charge in [0.25, 0.3) is 0 Å². The SMILES string of the molecule is C[C@@]1(C(=O)Nc2ccnn2C2CNC2)CCCN1. The van der Waals surface area contributed by atoms with E-state index in [0.717, 1.165) is 38.3 Å². The highest BCUT2D eigenvalue weighted by atomic mass is 16.2. The van der Waals surface area contributed by atoms with Crippen LogP contribution in [0.3, 0.4) is 0 Å². The van der Waals surface area contributed by atoms with E-state index in [1.807, 2.05) is 17.7 Å². The Morgan fingerprint density at radius 3 is 3.06 bits per heavy atom. The largest absolute Gasteiger partial charge is 0.312 e. The van der Waals surface area contributed by atoms with Crippen LogP contribution >= 0.6 is 0 Å². The molecular formula is C12H19N5O. The van der Waals surface area contributed by atoms with Crippen LogP contribution in [0.15, 0.2) is 12.3 Å². The molecule has 0 spiro atoms. The molecule has 2 aliphatic heterocycles. The van der Waals surface area contributed by atoms with Crippen LogP contribution in [-0.2, 0) is 4.79 Å². The Morgan fingerprint density at radius 1 is 1.61 bits per heavy atom. The van der Waals surface area contributed by atoms with Gasteiger partial charge in [0.2, 0.25) is 5.91 Å². The highest BCUT2D eigenvalue weighted by molar-refractivity contribution is 5.97. The molecular weight excluding hydrogens is 230 g/mol. The lowest BCUT2D eigenvalue weighted by Gasteiger charge is -2.30. The summed E-state index contributed by atoms with van der Waals surface area (Å²) in [6.45, 7) is 4.71. The second-order valence-electron chi connectivity index (χ2n) is 5.29. The number of nitrogens with one attached hydrogen (secondary N) is 3. The highest BCUT2D eigenvalue weighted by Gasteiger charge is 2.36. The predicted octanol–water partition coefficient (Wildman–Crippen LogP) is 0.108. The first kappa shape index (κ1) is 11.7. The first-order chi connectivity index (χ1) is 8.69. The van der Waals surface area contributed by atoms with Crippen molar-refractivity contribution in [2.24, 2.45) is 0 Å². The normalized spacial score (nSPS) is 28.1. The first-order valence-electron chi connectivity index (χ1n) is 6.50. The minimum absolute atomic E-state index is 0.0361. The molecule has 0 radical (unpaired) electrons. The number of amides is 1. The number of carbonyl (C=O) groups is 1. The minimum atomic E-state index is -0.438. The van der Waals surface area contributed by atoms with Crippen LogP contribution in [0.2, 0.25) is 0 Å². The zero-order chi connectivity index (χ0) is 12.6. The van der Waals surface area contributed by atoms with Gasteiger partial charge in [0.1, 0.15) is 5.82 Å². The lowest BCUT2D eigenvalue weighted by Crippen LogP contribution is -2.49. The van der Waals surface area contributed by atoms with E-state index in [1.165, 1.54) is 0 Å². The van der Waals surface area contributed by atoms with Crippen molar-refractivity contribution in [2.75, 3.05) is 25.0 Å². The van der Waals surface area contributed by atoms with Gasteiger partial charge in [-0.05, 0) is 26.3 Å². The van der Waals surface area contributed by atoms with Crippen molar-refractivity contribution in [1.82, 2.24) is 20.4 Å². The van der Waals surface area contributed by atoms with Crippen molar-refractivity contribution in [3.8, 4) is 0 Å². The average molecular weight is 249 g/mol. The summed E-state index contributed by atoms with van der Waals surface area (Å²) in [5.74, 6) is 0.829. The highest BCUT2D eigenvalue weighted by Crippen LogP contribution is 2.22. The van der Waals surface area contributed by atoms with E-state index < -0.39 is 5.54 Å². The van der Waals surface area contributed by atoms with Crippen molar-refractivity contribution in [1.29, 1.82) is 0 Å². The molecule has 1 amide bonds. The smallest absolute Gasteiger partial charge is 0.245 e. The van der Waals surface area contributed by atoms with Crippen molar-refractivity contribution in [3.63, 3.8) is 0 Å². The Morgan fingerprint density at radius 2 is 2.44 bits per heavy atom. The third-order valence-corrected chi connectivity index (χ3v) is 3.89. The quantitative estimate of drug-likeness (QED) is 0.711. The summed E-state index contributed by atoms with van der Waals surface area (Å²) in [7, 11) is 0. The van der Waals surface area contributed by atoms with Crippen LogP contribution in [0.1, 0.15) is 25.8 Å². The van der Waals surface area contributed by atoms with Crippen LogP contribution in [0.4, 0.5) is 5.82 Å². The summed E-state index contributed by atoms with van der Waals surface area (Å²) >= 11 is 0. The molecule has 3 N–H and O–H groups in total. The fourth-order valence-electron chi connectivity index (χ4n) is 2.49. The molecule has 3 rings (SSSR count). The Hall–Kier alpha value is -1.40. The second-order valence-corrected chi connectivity index (χ2v) is 5.29. The lowest BCUT2D eigenvalue weighted by molar-refractivity contribution is -0.121. The molecule has 98 valence electrons. The molecule has 1 atom stereocenters. The maximum absolute atomic E-state index is 12.3. The number of aromatic nitrogens is 2. The molecule has 0 aromatic carbocycles. The molecule has 2 fully saturated rings. The van der Waals surface area contributed by atoms with Crippen LogP contribution in [0, 0.1) is 0 Å². The predicted molar refractivity (Wildman–Crippen MR) is 68.4 cm³/mol. The van der Waals surface area contributed by atoms with E-state index >= 15 is 0 Å². The number of hydrogen-bond donors (Lipinski definition) is 3. The third-order valence-electron chi connectivity index (χ3n) is 3.89. The second kappa shape index (κ2) is 4.37. The van der Waals surface area contributed by atoms with Crippen molar-refractivity contribution in [3.05, 3.63) is 12.3 Å². The van der Waals surface area contributed by atoms with Crippen molar-refractivity contribution < 1.29 is 4.79 Å². The van der Waals surface area contributed by atoms with E-state index in [1.54, 1.807) is 6.20 Å². The van der Waals surface area contributed by atoms with Gasteiger partial charge in [-0.25, -0.2) is 4.68 Å². The molecule has 2 saturated heterocycles. The molecule has 0 unspecified atom stereocenters. The Balaban J connectivity index is 1.72. The van der Waals surface area contributed by atoms with Gasteiger partial charge in [0.05, 0.1) is 17.8 Å². The Bertz CT molecular complexity index is 445. The van der Waals surface area contributed by atoms with Gasteiger partial charge in [-0.3, -0.25) is 4.79 Å². The number of anilines is 1. The summed E-state index contributed by atoms with van der Waals surface area (Å²) in [5, 5.41) is 13.7. The fraction of sp³-hybridized carbons (Fsp3) is 0.667. The minimum Gasteiger partial charge on any atom is -0.312 e. The van der Waals surface area contributed by atoms with Crippen molar-refractivity contribution in [2.45, 2.75) is 31.3 Å². The van der Waals surface area contributed by atoms with Gasteiger partial charge in [-0.1, -0.05) is 0 Å². The summed E-state index contributed by atoms with van der Waals surface area (Å²) in [4.78, 5) is 12.3. The van der Waals surface area contributed by atoms with Gasteiger partial charge in [-0.15, -0.1) is 0 Å². The van der Waals surface area contributed by atoms with E-state index in [2.05, 4.69) is 21.0 Å². The Labute approximate surface area is 106 Å². The number of carbonyl (C=O) groups excluding carboxylic acids is 1. The van der Waals surface area contributed by atoms with Crippen LogP contribution in [0.25, 0.3) is 0 Å². The molecule has 1 aromatic rings. The standard InChI is InChI=1S/C12H19N5O/c1-12(4-2-5-14-12)11(18)16-10-3-6-15-17(10)9-7-13-8-9/h3,6,9,13-14H,2,4-5,7-8H2,1H3,(H,16,18)/t12-/m0/s1. The van der Waals surface area contributed by atoms with Crippen LogP contribution < -0.4 is 16.0 Å². The third kappa shape index (κ3) is 1.91. The number of rotatable bonds is 3. The van der Waals surface area contributed by atoms with Gasteiger partial charge in [0.15, 0.2) is 0 Å². The van der Waals surface area contributed by atoms with Gasteiger partial charge in [-0.2, -0.15) is 5.10 Å². The Kier molecular flexibility index (Phi) is 2.83. The topological polar surface area (TPSA) is 71.0 Å². The van der Waals surface area contributed by atoms with Crippen LogP contribution in [0.5, 0.6) is 0 Å². The molecule has 0 bridgehead atoms. The van der Waals surface area contributed by atoms with E-state index in [4.69, 9.17) is 0 Å². The monoisotopic (exact) mass is 249 g/mol. The van der Waals surface area contributed by atoms with E-state index in [-0.39, 0.29) is 5.91 Å². The molecule has 1 aromatic heterocycles. The average Bonchev–Trinajstić information content (AvgIpc) is 2.87. The number of nitrogens with zero attached hydrogens (tertiary/aromatic N) is 2. The zero-order valence-corrected chi connectivity index (χ0v) is 10.6. The molecule has 6 heteroatoms. The summed E-state index contributed by atoms with van der Waals surface area (Å²) in [6.07, 6.45) is 3.67. The summed E-state index contributed by atoms with van der Waals surface area (Å²) in [6, 6.07) is 2.22. The van der Waals surface area contributed by atoms with Gasteiger partial charge in [0, 0.05) is 19.2 Å². The van der Waals surface area contributed by atoms with E-state index in [9.17, 15) is 4.79 Å². The summed E-state index contributed by atoms with van der Waals surface area (Å²) < 4.78 is 1.90. The molecule has 0 saturated carbocycles. The first-order valence-corrected chi connectivity index (χ1v) is 6.50. The zero-order valence-electron chi connectivity index (χ0n) is 10.6. The molecule has 3 heterocycles. The summed E-state index contributed by atoms with van der Waals surface area (Å²) in [5.41, 5.74) is -0.438. The van der Waals surface area contributed by atoms with Gasteiger partial charge >= 0.3 is 0 Å². The molecule has 6 nitrogen and oxygen atoms in total. The van der Waals surface area contributed by atoms with Crippen LogP contribution in [-0.4, -0.2) is 40.9 Å². The fourth-order valence-corrected chi connectivity index (χ4v) is 2.49. The maximum atomic E-state index is 12.3.